The van der Waals surface area contributed by atoms with Crippen molar-refractivity contribution >= 4 is 39.6 Å². The van der Waals surface area contributed by atoms with Crippen molar-refractivity contribution < 1.29 is 9.72 Å². The van der Waals surface area contributed by atoms with Gasteiger partial charge in [0, 0.05) is 30.2 Å². The molecule has 31 heavy (non-hydrogen) atoms. The molecule has 0 atom stereocenters. The van der Waals surface area contributed by atoms with Gasteiger partial charge < -0.3 is 16.0 Å². The highest BCUT2D eigenvalue weighted by Gasteiger charge is 2.25. The Morgan fingerprint density at radius 2 is 1.87 bits per heavy atom. The Morgan fingerprint density at radius 1 is 1.19 bits per heavy atom. The molecule has 0 aliphatic rings. The standard InChI is InChI=1S/C22H28N6O3/c1-13(2)11-27(12-14(3)4)20-9-18(23)21(28(30)31)8-17(20)22(29)25-16-6-5-15-10-24-26-19(15)7-16/h5-10,13-14H,11-12,23H2,1-4H3,(H,24,26)(H,25,29). The third kappa shape index (κ3) is 5.11. The van der Waals surface area contributed by atoms with Crippen molar-refractivity contribution in [2.75, 3.05) is 29.0 Å². The summed E-state index contributed by atoms with van der Waals surface area (Å²) in [7, 11) is 0. The maximum atomic E-state index is 13.2. The van der Waals surface area contributed by atoms with E-state index in [1.165, 1.54) is 12.1 Å². The van der Waals surface area contributed by atoms with E-state index in [0.29, 0.717) is 36.3 Å². The van der Waals surface area contributed by atoms with Crippen LogP contribution in [0.15, 0.2) is 36.5 Å². The van der Waals surface area contributed by atoms with Crippen molar-refractivity contribution in [1.82, 2.24) is 10.2 Å². The smallest absolute Gasteiger partial charge is 0.293 e. The van der Waals surface area contributed by atoms with Crippen LogP contribution in [-0.2, 0) is 0 Å². The van der Waals surface area contributed by atoms with Crippen LogP contribution in [-0.4, -0.2) is 34.1 Å². The number of nitro groups is 1. The largest absolute Gasteiger partial charge is 0.393 e. The number of aromatic amines is 1. The molecule has 0 saturated heterocycles. The van der Waals surface area contributed by atoms with Gasteiger partial charge in [0.05, 0.1) is 27.9 Å². The van der Waals surface area contributed by atoms with Crippen LogP contribution in [0, 0.1) is 22.0 Å². The van der Waals surface area contributed by atoms with Crippen LogP contribution in [0.5, 0.6) is 0 Å². The van der Waals surface area contributed by atoms with Gasteiger partial charge in [-0.15, -0.1) is 0 Å². The monoisotopic (exact) mass is 424 g/mol. The summed E-state index contributed by atoms with van der Waals surface area (Å²) in [4.78, 5) is 26.2. The van der Waals surface area contributed by atoms with Crippen LogP contribution >= 0.6 is 0 Å². The summed E-state index contributed by atoms with van der Waals surface area (Å²) in [6.07, 6.45) is 1.69. The minimum absolute atomic E-state index is 0.0351. The number of nitrogen functional groups attached to an aromatic ring is 1. The molecular weight excluding hydrogens is 396 g/mol. The van der Waals surface area contributed by atoms with Crippen molar-refractivity contribution in [3.05, 3.63) is 52.2 Å². The second-order valence-electron chi connectivity index (χ2n) is 8.50. The first-order chi connectivity index (χ1) is 14.7. The maximum absolute atomic E-state index is 13.2. The number of anilines is 3. The first-order valence-electron chi connectivity index (χ1n) is 10.2. The van der Waals surface area contributed by atoms with Gasteiger partial charge in [-0.05, 0) is 36.1 Å². The zero-order valence-corrected chi connectivity index (χ0v) is 18.2. The summed E-state index contributed by atoms with van der Waals surface area (Å²) in [5, 5.41) is 22.1. The Hall–Kier alpha value is -3.62. The quantitative estimate of drug-likeness (QED) is 0.279. The fourth-order valence-corrected chi connectivity index (χ4v) is 3.56. The average molecular weight is 425 g/mol. The van der Waals surface area contributed by atoms with Crippen LogP contribution in [0.1, 0.15) is 38.1 Å². The molecule has 3 aromatic rings. The van der Waals surface area contributed by atoms with Crippen LogP contribution in [0.2, 0.25) is 0 Å². The van der Waals surface area contributed by atoms with E-state index in [1.807, 2.05) is 6.07 Å². The maximum Gasteiger partial charge on any atom is 0.293 e. The van der Waals surface area contributed by atoms with Crippen molar-refractivity contribution in [2.45, 2.75) is 27.7 Å². The number of aromatic nitrogens is 2. The van der Waals surface area contributed by atoms with Gasteiger partial charge in [0.1, 0.15) is 5.69 Å². The van der Waals surface area contributed by atoms with Crippen molar-refractivity contribution in [3.63, 3.8) is 0 Å². The third-order valence-electron chi connectivity index (χ3n) is 4.80. The lowest BCUT2D eigenvalue weighted by atomic mass is 10.0. The normalized spacial score (nSPS) is 11.3. The number of nitrogens with two attached hydrogens (primary N) is 1. The summed E-state index contributed by atoms with van der Waals surface area (Å²) in [5.41, 5.74) is 7.88. The molecule has 0 aliphatic heterocycles. The SMILES string of the molecule is CC(C)CN(CC(C)C)c1cc(N)c([N+](=O)[O-])cc1C(=O)Nc1ccc2cn[nH]c2c1. The molecule has 1 heterocycles. The van der Waals surface area contributed by atoms with Gasteiger partial charge in [-0.25, -0.2) is 0 Å². The average Bonchev–Trinajstić information content (AvgIpc) is 3.14. The van der Waals surface area contributed by atoms with E-state index in [4.69, 9.17) is 5.73 Å². The Balaban J connectivity index is 2.04. The lowest BCUT2D eigenvalue weighted by molar-refractivity contribution is -0.383. The number of amides is 1. The molecule has 0 radical (unpaired) electrons. The van der Waals surface area contributed by atoms with E-state index in [-0.39, 0.29) is 16.9 Å². The summed E-state index contributed by atoms with van der Waals surface area (Å²) < 4.78 is 0. The fraction of sp³-hybridized carbons (Fsp3) is 0.364. The van der Waals surface area contributed by atoms with Crippen molar-refractivity contribution in [1.29, 1.82) is 0 Å². The third-order valence-corrected chi connectivity index (χ3v) is 4.80. The van der Waals surface area contributed by atoms with Gasteiger partial charge in [0.2, 0.25) is 0 Å². The van der Waals surface area contributed by atoms with Gasteiger partial charge in [-0.1, -0.05) is 27.7 Å². The second kappa shape index (κ2) is 9.03. The van der Waals surface area contributed by atoms with E-state index in [1.54, 1.807) is 18.3 Å². The topological polar surface area (TPSA) is 130 Å². The number of nitro benzene ring substituents is 1. The minimum Gasteiger partial charge on any atom is -0.393 e. The second-order valence-corrected chi connectivity index (χ2v) is 8.50. The molecule has 0 aliphatic carbocycles. The predicted octanol–water partition coefficient (Wildman–Crippen LogP) is 4.42. The van der Waals surface area contributed by atoms with E-state index in [2.05, 4.69) is 48.1 Å². The molecule has 0 fully saturated rings. The van der Waals surface area contributed by atoms with Gasteiger partial charge in [0.25, 0.3) is 11.6 Å². The van der Waals surface area contributed by atoms with Crippen LogP contribution in [0.4, 0.5) is 22.7 Å². The summed E-state index contributed by atoms with van der Waals surface area (Å²) in [6.45, 7) is 9.72. The number of nitrogens with zero attached hydrogens (tertiary/aromatic N) is 3. The first kappa shape index (κ1) is 22.1. The highest BCUT2D eigenvalue weighted by Crippen LogP contribution is 2.33. The van der Waals surface area contributed by atoms with E-state index >= 15 is 0 Å². The number of benzene rings is 2. The Bertz CT molecular complexity index is 1100. The number of nitrogens with one attached hydrogen (secondary N) is 2. The molecule has 0 bridgehead atoms. The van der Waals surface area contributed by atoms with E-state index in [0.717, 1.165) is 10.9 Å². The number of rotatable bonds is 8. The summed E-state index contributed by atoms with van der Waals surface area (Å²) in [5.74, 6) is 0.220. The van der Waals surface area contributed by atoms with Gasteiger partial charge in [0.15, 0.2) is 0 Å². The zero-order chi connectivity index (χ0) is 22.7. The Kier molecular flexibility index (Phi) is 6.43. The molecule has 9 nitrogen and oxygen atoms in total. The predicted molar refractivity (Wildman–Crippen MR) is 123 cm³/mol. The number of carbonyl (C=O) groups excluding carboxylic acids is 1. The van der Waals surface area contributed by atoms with Crippen LogP contribution < -0.4 is 16.0 Å². The van der Waals surface area contributed by atoms with Gasteiger partial charge in [-0.2, -0.15) is 5.10 Å². The zero-order valence-electron chi connectivity index (χ0n) is 18.2. The van der Waals surface area contributed by atoms with Crippen molar-refractivity contribution in [2.24, 2.45) is 11.8 Å². The summed E-state index contributed by atoms with van der Waals surface area (Å²) in [6, 6.07) is 8.18. The van der Waals surface area contributed by atoms with Gasteiger partial charge >= 0.3 is 0 Å². The molecule has 1 aromatic heterocycles. The molecule has 1 amide bonds. The number of hydrogen-bond acceptors (Lipinski definition) is 6. The lowest BCUT2D eigenvalue weighted by Gasteiger charge is -2.30. The Labute approximate surface area is 180 Å². The van der Waals surface area contributed by atoms with Crippen molar-refractivity contribution in [3.8, 4) is 0 Å². The molecule has 3 rings (SSSR count). The van der Waals surface area contributed by atoms with Crippen LogP contribution in [0.25, 0.3) is 10.9 Å². The molecule has 9 heteroatoms. The molecular formula is C22H28N6O3. The molecule has 2 aromatic carbocycles. The molecule has 0 spiro atoms. The van der Waals surface area contributed by atoms with Crippen LogP contribution in [0.3, 0.4) is 0 Å². The number of hydrogen-bond donors (Lipinski definition) is 3. The lowest BCUT2D eigenvalue weighted by Crippen LogP contribution is -2.33. The minimum atomic E-state index is -0.568. The molecule has 164 valence electrons. The highest BCUT2D eigenvalue weighted by molar-refractivity contribution is 6.09. The fourth-order valence-electron chi connectivity index (χ4n) is 3.56. The Morgan fingerprint density at radius 3 is 2.48 bits per heavy atom. The number of fused-ring (bicyclic) bond motifs is 1. The van der Waals surface area contributed by atoms with Gasteiger partial charge in [-0.3, -0.25) is 20.0 Å². The van der Waals surface area contributed by atoms with E-state index in [9.17, 15) is 14.9 Å². The molecule has 0 unspecified atom stereocenters. The molecule has 0 saturated carbocycles. The number of carbonyl (C=O) groups is 1. The van der Waals surface area contributed by atoms with E-state index < -0.39 is 10.8 Å². The summed E-state index contributed by atoms with van der Waals surface area (Å²) >= 11 is 0. The number of H-pyrrole nitrogens is 1. The highest BCUT2D eigenvalue weighted by atomic mass is 16.6. The first-order valence-corrected chi connectivity index (χ1v) is 10.2. The molecule has 4 N–H and O–H groups in total.